The van der Waals surface area contributed by atoms with Crippen molar-refractivity contribution < 1.29 is 38.4 Å². The van der Waals surface area contributed by atoms with E-state index >= 15 is 0 Å². The summed E-state index contributed by atoms with van der Waals surface area (Å²) in [6, 6.07) is 0. The fraction of sp³-hybridized carbons (Fsp3) is 0.591. The van der Waals surface area contributed by atoms with Gasteiger partial charge in [0.05, 0.1) is 24.2 Å². The molecule has 0 aromatic carbocycles. The zero-order valence-electron chi connectivity index (χ0n) is 17.7. The second kappa shape index (κ2) is 8.35. The van der Waals surface area contributed by atoms with Gasteiger partial charge in [-0.05, 0) is 32.4 Å². The van der Waals surface area contributed by atoms with E-state index in [1.54, 1.807) is 26.0 Å². The highest BCUT2D eigenvalue weighted by Gasteiger charge is 2.58. The lowest BCUT2D eigenvalue weighted by atomic mass is 9.82. The number of allylic oxidation sites excluding steroid dienone is 1. The van der Waals surface area contributed by atoms with Crippen molar-refractivity contribution in [2.45, 2.75) is 70.6 Å². The first kappa shape index (κ1) is 22.2. The lowest BCUT2D eigenvalue weighted by Gasteiger charge is -2.29. The van der Waals surface area contributed by atoms with Crippen LogP contribution >= 0.6 is 0 Å². The van der Waals surface area contributed by atoms with Crippen LogP contribution in [0.25, 0.3) is 0 Å². The fourth-order valence-corrected chi connectivity index (χ4v) is 4.08. The molecule has 6 atom stereocenters. The van der Waals surface area contributed by atoms with E-state index in [1.165, 1.54) is 6.92 Å². The van der Waals surface area contributed by atoms with E-state index < -0.39 is 54.3 Å². The van der Waals surface area contributed by atoms with Crippen LogP contribution in [0.4, 0.5) is 0 Å². The van der Waals surface area contributed by atoms with Crippen LogP contribution in [-0.4, -0.2) is 59.6 Å². The van der Waals surface area contributed by atoms with Crippen LogP contribution in [0.2, 0.25) is 0 Å². The second-order valence-electron chi connectivity index (χ2n) is 8.19. The molecule has 2 heterocycles. The molecule has 8 nitrogen and oxygen atoms in total. The number of epoxide rings is 1. The van der Waals surface area contributed by atoms with Gasteiger partial charge < -0.3 is 24.1 Å². The molecular weight excluding hydrogens is 392 g/mol. The minimum absolute atomic E-state index is 0.190. The third-order valence-electron chi connectivity index (χ3n) is 6.03. The Labute approximate surface area is 175 Å². The first-order valence-electron chi connectivity index (χ1n) is 9.99. The zero-order valence-corrected chi connectivity index (χ0v) is 17.7. The molecule has 8 heteroatoms. The maximum Gasteiger partial charge on any atom is 0.334 e. The Hall–Kier alpha value is -2.45. The molecule has 0 amide bonds. The van der Waals surface area contributed by atoms with E-state index in [4.69, 9.17) is 18.9 Å². The van der Waals surface area contributed by atoms with Crippen molar-refractivity contribution in [1.29, 1.82) is 0 Å². The Morgan fingerprint density at radius 2 is 2.07 bits per heavy atom. The number of carbonyl (C=O) groups excluding carboxylic acids is 3. The Bertz CT molecular complexity index is 825. The molecule has 0 radical (unpaired) electrons. The van der Waals surface area contributed by atoms with Crippen molar-refractivity contribution >= 4 is 17.9 Å². The van der Waals surface area contributed by atoms with Gasteiger partial charge in [0.2, 0.25) is 0 Å². The molecule has 164 valence electrons. The number of hydrogen-bond donors (Lipinski definition) is 1. The molecule has 3 aliphatic rings. The molecular formula is C22H28O8. The van der Waals surface area contributed by atoms with E-state index in [0.29, 0.717) is 24.0 Å². The second-order valence-corrected chi connectivity index (χ2v) is 8.19. The summed E-state index contributed by atoms with van der Waals surface area (Å²) in [7, 11) is 0. The maximum absolute atomic E-state index is 12.5. The Balaban J connectivity index is 2.02. The average Bonchev–Trinajstić information content (AvgIpc) is 3.21. The van der Waals surface area contributed by atoms with Crippen LogP contribution in [0, 0.1) is 5.92 Å². The number of carbonyl (C=O) groups is 3. The SMILES string of the molecule is C=C1C(=O)OC2C=C(CO)C(OC(C)=O)CC3OC3(C)CC(OC(=O)C(C)=CC)C12. The van der Waals surface area contributed by atoms with Crippen LogP contribution < -0.4 is 0 Å². The van der Waals surface area contributed by atoms with Crippen molar-refractivity contribution in [2.75, 3.05) is 6.61 Å². The molecule has 2 saturated heterocycles. The van der Waals surface area contributed by atoms with Crippen LogP contribution in [0.15, 0.2) is 35.5 Å². The number of esters is 3. The number of rotatable bonds is 4. The van der Waals surface area contributed by atoms with E-state index in [0.717, 1.165) is 0 Å². The van der Waals surface area contributed by atoms with Gasteiger partial charge in [0.25, 0.3) is 0 Å². The van der Waals surface area contributed by atoms with E-state index in [1.807, 2.05) is 6.92 Å². The number of aliphatic hydroxyl groups is 1. The minimum Gasteiger partial charge on any atom is -0.458 e. The van der Waals surface area contributed by atoms with Gasteiger partial charge in [-0.2, -0.15) is 0 Å². The number of aliphatic hydroxyl groups excluding tert-OH is 1. The fourth-order valence-electron chi connectivity index (χ4n) is 4.08. The molecule has 2 fully saturated rings. The number of hydrogen-bond acceptors (Lipinski definition) is 8. The Kier molecular flexibility index (Phi) is 6.19. The third-order valence-corrected chi connectivity index (χ3v) is 6.03. The van der Waals surface area contributed by atoms with Crippen LogP contribution in [0.5, 0.6) is 0 Å². The third kappa shape index (κ3) is 4.34. The topological polar surface area (TPSA) is 112 Å². The molecule has 0 aromatic rings. The number of fused-ring (bicyclic) bond motifs is 2. The molecule has 0 spiro atoms. The highest BCUT2D eigenvalue weighted by molar-refractivity contribution is 5.92. The van der Waals surface area contributed by atoms with Gasteiger partial charge in [-0.15, -0.1) is 0 Å². The summed E-state index contributed by atoms with van der Waals surface area (Å²) in [6.07, 6.45) is 1.39. The first-order valence-corrected chi connectivity index (χ1v) is 9.99. The standard InChI is InChI=1S/C22H28O8/c1-6-11(2)20(25)29-17-9-22(5)18(30-22)8-15(27-13(4)24)14(10-23)7-16-19(17)12(3)21(26)28-16/h6-7,15-19,23H,3,8-10H2,1-2,4-5H3. The summed E-state index contributed by atoms with van der Waals surface area (Å²) in [6.45, 7) is 10.0. The van der Waals surface area contributed by atoms with Crippen LogP contribution in [0.3, 0.4) is 0 Å². The largest absolute Gasteiger partial charge is 0.458 e. The van der Waals surface area contributed by atoms with E-state index in [9.17, 15) is 19.5 Å². The smallest absolute Gasteiger partial charge is 0.334 e. The molecule has 30 heavy (non-hydrogen) atoms. The van der Waals surface area contributed by atoms with Crippen molar-refractivity contribution in [2.24, 2.45) is 5.92 Å². The minimum atomic E-state index is -0.812. The summed E-state index contributed by atoms with van der Waals surface area (Å²) >= 11 is 0. The van der Waals surface area contributed by atoms with Crippen molar-refractivity contribution in [3.05, 3.63) is 35.5 Å². The Morgan fingerprint density at radius 1 is 1.37 bits per heavy atom. The summed E-state index contributed by atoms with van der Waals surface area (Å²) in [5.41, 5.74) is 0.396. The zero-order chi connectivity index (χ0) is 22.2. The summed E-state index contributed by atoms with van der Waals surface area (Å²) in [5.74, 6) is -2.22. The predicted octanol–water partition coefficient (Wildman–Crippen LogP) is 1.76. The monoisotopic (exact) mass is 420 g/mol. The molecule has 0 bridgehead atoms. The quantitative estimate of drug-likeness (QED) is 0.241. The first-order chi connectivity index (χ1) is 14.1. The van der Waals surface area contributed by atoms with Crippen LogP contribution in [0.1, 0.15) is 40.5 Å². The maximum atomic E-state index is 12.5. The van der Waals surface area contributed by atoms with Gasteiger partial charge >= 0.3 is 17.9 Å². The molecule has 3 rings (SSSR count). The summed E-state index contributed by atoms with van der Waals surface area (Å²) in [4.78, 5) is 36.4. The molecule has 0 aromatic heterocycles. The lowest BCUT2D eigenvalue weighted by molar-refractivity contribution is -0.149. The van der Waals surface area contributed by atoms with Crippen molar-refractivity contribution in [3.8, 4) is 0 Å². The molecule has 2 aliphatic heterocycles. The lowest BCUT2D eigenvalue weighted by Crippen LogP contribution is -2.38. The van der Waals surface area contributed by atoms with Gasteiger partial charge in [-0.3, -0.25) is 4.79 Å². The molecule has 6 unspecified atom stereocenters. The van der Waals surface area contributed by atoms with Crippen molar-refractivity contribution in [3.63, 3.8) is 0 Å². The molecule has 1 aliphatic carbocycles. The highest BCUT2D eigenvalue weighted by Crippen LogP contribution is 2.48. The van der Waals surface area contributed by atoms with E-state index in [2.05, 4.69) is 6.58 Å². The normalized spacial score (nSPS) is 36.1. The van der Waals surface area contributed by atoms with Gasteiger partial charge in [0, 0.05) is 30.9 Å². The van der Waals surface area contributed by atoms with Gasteiger partial charge in [-0.25, -0.2) is 9.59 Å². The van der Waals surface area contributed by atoms with E-state index in [-0.39, 0.29) is 11.7 Å². The van der Waals surface area contributed by atoms with Gasteiger partial charge in [0.15, 0.2) is 0 Å². The predicted molar refractivity (Wildman–Crippen MR) is 105 cm³/mol. The average molecular weight is 420 g/mol. The highest BCUT2D eigenvalue weighted by atomic mass is 16.6. The summed E-state index contributed by atoms with van der Waals surface area (Å²) < 4.78 is 22.5. The molecule has 1 N–H and O–H groups in total. The number of ether oxygens (including phenoxy) is 4. The van der Waals surface area contributed by atoms with Gasteiger partial charge in [-0.1, -0.05) is 12.7 Å². The Morgan fingerprint density at radius 3 is 2.67 bits per heavy atom. The van der Waals surface area contributed by atoms with Crippen molar-refractivity contribution in [1.82, 2.24) is 0 Å². The molecule has 0 saturated carbocycles. The van der Waals surface area contributed by atoms with Crippen LogP contribution in [-0.2, 0) is 33.3 Å². The van der Waals surface area contributed by atoms with Gasteiger partial charge in [0.1, 0.15) is 18.3 Å². The summed E-state index contributed by atoms with van der Waals surface area (Å²) in [5, 5.41) is 9.93.